The standard InChI is InChI=1S/C19H24N2O3/c1-23-13-12-21(11-10-16-8-5-9-18(20)14-16)19(22)24-15-17-6-3-2-4-7-17/h2-9,14H,10-13,15,20H2,1H3. The molecule has 24 heavy (non-hydrogen) atoms. The predicted molar refractivity (Wildman–Crippen MR) is 94.6 cm³/mol. The lowest BCUT2D eigenvalue weighted by Crippen LogP contribution is -2.36. The summed E-state index contributed by atoms with van der Waals surface area (Å²) in [6.07, 6.45) is 0.384. The highest BCUT2D eigenvalue weighted by Gasteiger charge is 2.15. The Bertz CT molecular complexity index is 632. The molecule has 5 nitrogen and oxygen atoms in total. The quantitative estimate of drug-likeness (QED) is 0.756. The molecule has 128 valence electrons. The van der Waals surface area contributed by atoms with E-state index in [1.54, 1.807) is 12.0 Å². The number of nitrogen functional groups attached to an aromatic ring is 1. The fourth-order valence-corrected chi connectivity index (χ4v) is 2.32. The Morgan fingerprint density at radius 2 is 1.79 bits per heavy atom. The van der Waals surface area contributed by atoms with Crippen molar-refractivity contribution < 1.29 is 14.3 Å². The molecule has 0 aromatic heterocycles. The number of hydrogen-bond donors (Lipinski definition) is 1. The molecule has 0 aliphatic carbocycles. The average molecular weight is 328 g/mol. The predicted octanol–water partition coefficient (Wildman–Crippen LogP) is 3.10. The van der Waals surface area contributed by atoms with Crippen LogP contribution in [0.3, 0.4) is 0 Å². The van der Waals surface area contributed by atoms with Gasteiger partial charge in [-0.05, 0) is 29.7 Å². The van der Waals surface area contributed by atoms with Gasteiger partial charge in [0.25, 0.3) is 0 Å². The van der Waals surface area contributed by atoms with Crippen LogP contribution in [0.25, 0.3) is 0 Å². The minimum atomic E-state index is -0.334. The smallest absolute Gasteiger partial charge is 0.410 e. The summed E-state index contributed by atoms with van der Waals surface area (Å²) in [4.78, 5) is 14.0. The Balaban J connectivity index is 1.89. The largest absolute Gasteiger partial charge is 0.445 e. The second-order valence-corrected chi connectivity index (χ2v) is 5.52. The van der Waals surface area contributed by atoms with Gasteiger partial charge in [0.2, 0.25) is 0 Å². The summed E-state index contributed by atoms with van der Waals surface area (Å²) in [6.45, 7) is 1.78. The number of rotatable bonds is 8. The molecular formula is C19H24N2O3. The molecule has 0 radical (unpaired) electrons. The van der Waals surface area contributed by atoms with Crippen LogP contribution in [-0.4, -0.2) is 37.8 Å². The van der Waals surface area contributed by atoms with Crippen LogP contribution in [0.1, 0.15) is 11.1 Å². The zero-order valence-corrected chi connectivity index (χ0v) is 14.0. The lowest BCUT2D eigenvalue weighted by molar-refractivity contribution is 0.0828. The highest BCUT2D eigenvalue weighted by atomic mass is 16.6. The molecule has 1 amide bonds. The number of amides is 1. The number of methoxy groups -OCH3 is 1. The highest BCUT2D eigenvalue weighted by molar-refractivity contribution is 5.67. The first-order chi connectivity index (χ1) is 11.7. The van der Waals surface area contributed by atoms with Gasteiger partial charge in [0, 0.05) is 25.9 Å². The Labute approximate surface area is 143 Å². The molecular weight excluding hydrogens is 304 g/mol. The number of nitrogens with zero attached hydrogens (tertiary/aromatic N) is 1. The van der Waals surface area contributed by atoms with Crippen LogP contribution in [0.15, 0.2) is 54.6 Å². The third-order valence-electron chi connectivity index (χ3n) is 3.65. The SMILES string of the molecule is COCCN(CCc1cccc(N)c1)C(=O)OCc1ccccc1. The normalized spacial score (nSPS) is 10.4. The number of anilines is 1. The number of carbonyl (C=O) groups is 1. The fourth-order valence-electron chi connectivity index (χ4n) is 2.32. The van der Waals surface area contributed by atoms with Gasteiger partial charge in [-0.25, -0.2) is 4.79 Å². The molecule has 0 heterocycles. The molecule has 0 saturated heterocycles. The maximum Gasteiger partial charge on any atom is 0.410 e. The number of nitrogens with two attached hydrogens (primary N) is 1. The lowest BCUT2D eigenvalue weighted by Gasteiger charge is -2.22. The molecule has 0 aliphatic rings. The van der Waals surface area contributed by atoms with E-state index in [0.29, 0.717) is 19.7 Å². The van der Waals surface area contributed by atoms with Gasteiger partial charge in [-0.2, -0.15) is 0 Å². The molecule has 0 unspecified atom stereocenters. The van der Waals surface area contributed by atoms with Crippen LogP contribution >= 0.6 is 0 Å². The number of ether oxygens (including phenoxy) is 2. The van der Waals surface area contributed by atoms with Crippen LogP contribution in [0.4, 0.5) is 10.5 Å². The van der Waals surface area contributed by atoms with Crippen molar-refractivity contribution in [2.45, 2.75) is 13.0 Å². The molecule has 0 fully saturated rings. The third-order valence-corrected chi connectivity index (χ3v) is 3.65. The summed E-state index contributed by atoms with van der Waals surface area (Å²) >= 11 is 0. The monoisotopic (exact) mass is 328 g/mol. The molecule has 2 aromatic rings. The van der Waals surface area contributed by atoms with Crippen molar-refractivity contribution in [1.82, 2.24) is 4.90 Å². The summed E-state index contributed by atoms with van der Waals surface area (Å²) < 4.78 is 10.5. The van der Waals surface area contributed by atoms with Gasteiger partial charge in [-0.1, -0.05) is 42.5 Å². The Kier molecular flexibility index (Phi) is 7.11. The zero-order valence-electron chi connectivity index (χ0n) is 14.0. The van der Waals surface area contributed by atoms with E-state index >= 15 is 0 Å². The Morgan fingerprint density at radius 3 is 2.50 bits per heavy atom. The van der Waals surface area contributed by atoms with Crippen LogP contribution < -0.4 is 5.73 Å². The van der Waals surface area contributed by atoms with Crippen molar-refractivity contribution in [1.29, 1.82) is 0 Å². The molecule has 0 aliphatic heterocycles. The first kappa shape index (κ1) is 17.8. The lowest BCUT2D eigenvalue weighted by atomic mass is 10.1. The fraction of sp³-hybridized carbons (Fsp3) is 0.316. The second-order valence-electron chi connectivity index (χ2n) is 5.52. The van der Waals surface area contributed by atoms with E-state index in [1.807, 2.05) is 54.6 Å². The molecule has 0 saturated carbocycles. The van der Waals surface area contributed by atoms with Crippen molar-refractivity contribution in [2.24, 2.45) is 0 Å². The third kappa shape index (κ3) is 5.93. The van der Waals surface area contributed by atoms with Gasteiger partial charge in [0.15, 0.2) is 0 Å². The Morgan fingerprint density at radius 1 is 1.04 bits per heavy atom. The van der Waals surface area contributed by atoms with Crippen molar-refractivity contribution in [2.75, 3.05) is 32.5 Å². The summed E-state index contributed by atoms with van der Waals surface area (Å²) in [5, 5.41) is 0. The van der Waals surface area contributed by atoms with E-state index in [0.717, 1.165) is 23.2 Å². The number of hydrogen-bond acceptors (Lipinski definition) is 4. The van der Waals surface area contributed by atoms with Gasteiger partial charge in [0.05, 0.1) is 6.61 Å². The minimum absolute atomic E-state index is 0.265. The molecule has 5 heteroatoms. The van der Waals surface area contributed by atoms with Crippen LogP contribution in [-0.2, 0) is 22.5 Å². The summed E-state index contributed by atoms with van der Waals surface area (Å²) in [5.74, 6) is 0. The van der Waals surface area contributed by atoms with E-state index in [-0.39, 0.29) is 12.7 Å². The van der Waals surface area contributed by atoms with E-state index in [4.69, 9.17) is 15.2 Å². The summed E-state index contributed by atoms with van der Waals surface area (Å²) in [7, 11) is 1.62. The van der Waals surface area contributed by atoms with E-state index in [9.17, 15) is 4.79 Å². The number of benzene rings is 2. The molecule has 2 rings (SSSR count). The van der Waals surface area contributed by atoms with Crippen LogP contribution in [0.2, 0.25) is 0 Å². The molecule has 2 N–H and O–H groups in total. The van der Waals surface area contributed by atoms with Gasteiger partial charge < -0.3 is 20.1 Å². The highest BCUT2D eigenvalue weighted by Crippen LogP contribution is 2.09. The van der Waals surface area contributed by atoms with E-state index in [2.05, 4.69) is 0 Å². The zero-order chi connectivity index (χ0) is 17.2. The summed E-state index contributed by atoms with van der Waals surface area (Å²) in [6, 6.07) is 17.3. The van der Waals surface area contributed by atoms with Crippen molar-refractivity contribution in [3.63, 3.8) is 0 Å². The van der Waals surface area contributed by atoms with Crippen LogP contribution in [0.5, 0.6) is 0 Å². The van der Waals surface area contributed by atoms with Crippen LogP contribution in [0, 0.1) is 0 Å². The van der Waals surface area contributed by atoms with Crippen molar-refractivity contribution in [3.8, 4) is 0 Å². The van der Waals surface area contributed by atoms with Crippen molar-refractivity contribution >= 4 is 11.8 Å². The minimum Gasteiger partial charge on any atom is -0.445 e. The topological polar surface area (TPSA) is 64.8 Å². The first-order valence-electron chi connectivity index (χ1n) is 7.98. The molecule has 0 bridgehead atoms. The Hall–Kier alpha value is -2.53. The maximum atomic E-state index is 12.3. The molecule has 0 atom stereocenters. The average Bonchev–Trinajstić information content (AvgIpc) is 2.61. The maximum absolute atomic E-state index is 12.3. The molecule has 2 aromatic carbocycles. The van der Waals surface area contributed by atoms with Gasteiger partial charge in [-0.3, -0.25) is 0 Å². The second kappa shape index (κ2) is 9.57. The molecule has 0 spiro atoms. The summed E-state index contributed by atoms with van der Waals surface area (Å²) in [5.41, 5.74) is 8.57. The van der Waals surface area contributed by atoms with E-state index in [1.165, 1.54) is 0 Å². The van der Waals surface area contributed by atoms with Gasteiger partial charge in [0.1, 0.15) is 6.61 Å². The van der Waals surface area contributed by atoms with Gasteiger partial charge >= 0.3 is 6.09 Å². The number of carbonyl (C=O) groups excluding carboxylic acids is 1. The van der Waals surface area contributed by atoms with Gasteiger partial charge in [-0.15, -0.1) is 0 Å². The van der Waals surface area contributed by atoms with E-state index < -0.39 is 0 Å². The first-order valence-corrected chi connectivity index (χ1v) is 7.98. The van der Waals surface area contributed by atoms with Crippen molar-refractivity contribution in [3.05, 3.63) is 65.7 Å².